The van der Waals surface area contributed by atoms with Gasteiger partial charge in [0.05, 0.1) is 11.0 Å². The lowest BCUT2D eigenvalue weighted by Crippen LogP contribution is -2.29. The number of aromatic amines is 1. The van der Waals surface area contributed by atoms with E-state index in [2.05, 4.69) is 26.6 Å². The Bertz CT molecular complexity index is 1260. The number of imidazole rings is 1. The fourth-order valence-electron chi connectivity index (χ4n) is 3.12. The first-order valence-corrected chi connectivity index (χ1v) is 8.69. The molecule has 138 valence electrons. The molecule has 0 unspecified atom stereocenters. The van der Waals surface area contributed by atoms with Gasteiger partial charge in [-0.05, 0) is 25.5 Å². The van der Waals surface area contributed by atoms with Crippen LogP contribution in [0.4, 0.5) is 0 Å². The number of benzene rings is 1. The molecule has 0 bridgehead atoms. The van der Waals surface area contributed by atoms with E-state index in [0.717, 1.165) is 24.0 Å². The monoisotopic (exact) mass is 365 g/mol. The minimum atomic E-state index is -0.509. The van der Waals surface area contributed by atoms with Crippen molar-refractivity contribution in [2.24, 2.45) is 7.05 Å². The fourth-order valence-corrected chi connectivity index (χ4v) is 3.12. The van der Waals surface area contributed by atoms with Gasteiger partial charge in [0.1, 0.15) is 11.4 Å². The number of nitrogens with zero attached hydrogens (tertiary/aromatic N) is 6. The van der Waals surface area contributed by atoms with Crippen molar-refractivity contribution in [2.75, 3.05) is 0 Å². The van der Waals surface area contributed by atoms with E-state index in [4.69, 9.17) is 4.98 Å². The van der Waals surface area contributed by atoms with Gasteiger partial charge in [0.15, 0.2) is 5.82 Å². The number of hydrogen-bond donors (Lipinski definition) is 1. The lowest BCUT2D eigenvalue weighted by molar-refractivity contribution is 0.651. The summed E-state index contributed by atoms with van der Waals surface area (Å²) in [6, 6.07) is 7.84. The molecule has 27 heavy (non-hydrogen) atoms. The normalized spacial score (nSPS) is 11.4. The molecule has 1 N–H and O–H groups in total. The summed E-state index contributed by atoms with van der Waals surface area (Å²) >= 11 is 0. The maximum absolute atomic E-state index is 12.4. The van der Waals surface area contributed by atoms with E-state index in [9.17, 15) is 9.59 Å². The van der Waals surface area contributed by atoms with Crippen LogP contribution in [0.2, 0.25) is 0 Å². The summed E-state index contributed by atoms with van der Waals surface area (Å²) in [6.07, 6.45) is 2.38. The van der Waals surface area contributed by atoms with Gasteiger partial charge in [-0.1, -0.05) is 19.1 Å². The number of rotatable bonds is 4. The predicted molar refractivity (Wildman–Crippen MR) is 101 cm³/mol. The van der Waals surface area contributed by atoms with Crippen molar-refractivity contribution in [3.05, 3.63) is 57.1 Å². The molecule has 0 atom stereocenters. The van der Waals surface area contributed by atoms with Gasteiger partial charge in [-0.15, -0.1) is 5.10 Å². The molecule has 9 nitrogen and oxygen atoms in total. The molecule has 0 spiro atoms. The molecule has 0 aliphatic carbocycles. The smallest absolute Gasteiger partial charge is 0.308 e. The van der Waals surface area contributed by atoms with Crippen molar-refractivity contribution in [3.8, 4) is 17.3 Å². The molecule has 4 aromatic rings. The molecule has 3 heterocycles. The van der Waals surface area contributed by atoms with Crippen LogP contribution in [0.5, 0.6) is 0 Å². The summed E-state index contributed by atoms with van der Waals surface area (Å²) < 4.78 is 4.93. The molecule has 0 saturated carbocycles. The molecular formula is C18H19N7O2. The van der Waals surface area contributed by atoms with Crippen LogP contribution in [0.3, 0.4) is 0 Å². The Labute approximate surface area is 153 Å². The van der Waals surface area contributed by atoms with E-state index in [1.54, 1.807) is 18.7 Å². The van der Waals surface area contributed by atoms with E-state index in [0.29, 0.717) is 17.6 Å². The van der Waals surface area contributed by atoms with Crippen molar-refractivity contribution < 1.29 is 0 Å². The fraction of sp³-hybridized carbons (Fsp3) is 0.278. The van der Waals surface area contributed by atoms with Crippen molar-refractivity contribution in [1.82, 2.24) is 33.9 Å². The third-order valence-electron chi connectivity index (χ3n) is 4.33. The highest BCUT2D eigenvalue weighted by atomic mass is 16.2. The summed E-state index contributed by atoms with van der Waals surface area (Å²) in [5.74, 6) is 1.44. The van der Waals surface area contributed by atoms with Crippen LogP contribution < -0.4 is 11.2 Å². The van der Waals surface area contributed by atoms with Crippen LogP contribution in [0.25, 0.3) is 28.4 Å². The van der Waals surface area contributed by atoms with Gasteiger partial charge in [-0.3, -0.25) is 9.78 Å². The highest BCUT2D eigenvalue weighted by Crippen LogP contribution is 2.23. The van der Waals surface area contributed by atoms with Gasteiger partial charge in [0.25, 0.3) is 5.56 Å². The number of hydrogen-bond acceptors (Lipinski definition) is 5. The molecule has 0 aliphatic heterocycles. The SMILES string of the molecule is CCCn1c(-n2nc(C)nc2-c2cn(C)c(=O)[nH]c2=O)nc2ccccc21. The Hall–Kier alpha value is -3.49. The molecule has 9 heteroatoms. The largest absolute Gasteiger partial charge is 0.328 e. The lowest BCUT2D eigenvalue weighted by atomic mass is 10.3. The van der Waals surface area contributed by atoms with Gasteiger partial charge in [-0.2, -0.15) is 4.68 Å². The van der Waals surface area contributed by atoms with Gasteiger partial charge < -0.3 is 9.13 Å². The Morgan fingerprint density at radius 1 is 1.15 bits per heavy atom. The summed E-state index contributed by atoms with van der Waals surface area (Å²) in [4.78, 5) is 35.5. The van der Waals surface area contributed by atoms with Crippen molar-refractivity contribution in [1.29, 1.82) is 0 Å². The summed E-state index contributed by atoms with van der Waals surface area (Å²) in [6.45, 7) is 4.59. The number of aromatic nitrogens is 7. The summed E-state index contributed by atoms with van der Waals surface area (Å²) in [5, 5.41) is 4.47. The van der Waals surface area contributed by atoms with Crippen LogP contribution in [-0.2, 0) is 13.6 Å². The third kappa shape index (κ3) is 2.77. The molecule has 0 fully saturated rings. The average molecular weight is 365 g/mol. The Morgan fingerprint density at radius 2 is 1.93 bits per heavy atom. The maximum Gasteiger partial charge on any atom is 0.328 e. The molecule has 4 rings (SSSR count). The maximum atomic E-state index is 12.4. The van der Waals surface area contributed by atoms with Crippen LogP contribution in [0.15, 0.2) is 40.1 Å². The van der Waals surface area contributed by atoms with Gasteiger partial charge in [0.2, 0.25) is 5.95 Å². The molecule has 0 radical (unpaired) electrons. The molecule has 0 amide bonds. The van der Waals surface area contributed by atoms with Gasteiger partial charge in [0, 0.05) is 19.8 Å². The minimum absolute atomic E-state index is 0.257. The van der Waals surface area contributed by atoms with Crippen LogP contribution in [0, 0.1) is 6.92 Å². The first kappa shape index (κ1) is 17.0. The first-order chi connectivity index (χ1) is 13.0. The Balaban J connectivity index is 2.02. The van der Waals surface area contributed by atoms with Crippen LogP contribution >= 0.6 is 0 Å². The lowest BCUT2D eigenvalue weighted by Gasteiger charge is -2.09. The number of aryl methyl sites for hydroxylation is 3. The van der Waals surface area contributed by atoms with E-state index in [1.807, 2.05) is 24.3 Å². The second-order valence-electron chi connectivity index (χ2n) is 6.36. The Morgan fingerprint density at radius 3 is 2.70 bits per heavy atom. The summed E-state index contributed by atoms with van der Waals surface area (Å²) in [5.41, 5.74) is 1.10. The van der Waals surface area contributed by atoms with Crippen LogP contribution in [0.1, 0.15) is 19.2 Å². The van der Waals surface area contributed by atoms with Crippen molar-refractivity contribution >= 4 is 11.0 Å². The molecule has 0 aliphatic rings. The van der Waals surface area contributed by atoms with Gasteiger partial charge in [-0.25, -0.2) is 14.8 Å². The minimum Gasteiger partial charge on any atom is -0.308 e. The Kier molecular flexibility index (Phi) is 3.98. The molecule has 1 aromatic carbocycles. The topological polar surface area (TPSA) is 103 Å². The zero-order valence-electron chi connectivity index (χ0n) is 15.3. The quantitative estimate of drug-likeness (QED) is 0.589. The second kappa shape index (κ2) is 6.35. The zero-order valence-corrected chi connectivity index (χ0v) is 15.3. The average Bonchev–Trinajstić information content (AvgIpc) is 3.19. The number of fused-ring (bicyclic) bond motifs is 1. The van der Waals surface area contributed by atoms with Crippen molar-refractivity contribution in [3.63, 3.8) is 0 Å². The number of H-pyrrole nitrogens is 1. The second-order valence-corrected chi connectivity index (χ2v) is 6.36. The van der Waals surface area contributed by atoms with E-state index in [-0.39, 0.29) is 5.56 Å². The van der Waals surface area contributed by atoms with Crippen LogP contribution in [-0.4, -0.2) is 33.9 Å². The predicted octanol–water partition coefficient (Wildman–Crippen LogP) is 1.39. The van der Waals surface area contributed by atoms with Crippen molar-refractivity contribution in [2.45, 2.75) is 26.8 Å². The highest BCUT2D eigenvalue weighted by Gasteiger charge is 2.21. The molecule has 3 aromatic heterocycles. The standard InChI is InChI=1S/C18H19N7O2/c1-4-9-24-14-8-6-5-7-13(14)20-17(24)25-15(19-11(2)22-25)12-10-23(3)18(27)21-16(12)26/h5-8,10H,4,9H2,1-3H3,(H,21,26,27). The van der Waals surface area contributed by atoms with E-state index < -0.39 is 11.2 Å². The van der Waals surface area contributed by atoms with E-state index in [1.165, 1.54) is 10.8 Å². The number of para-hydroxylation sites is 2. The molecular weight excluding hydrogens is 346 g/mol. The zero-order chi connectivity index (χ0) is 19.1. The third-order valence-corrected chi connectivity index (χ3v) is 4.33. The highest BCUT2D eigenvalue weighted by molar-refractivity contribution is 5.77. The number of nitrogens with one attached hydrogen (secondary N) is 1. The first-order valence-electron chi connectivity index (χ1n) is 8.69. The van der Waals surface area contributed by atoms with E-state index >= 15 is 0 Å². The molecule has 0 saturated heterocycles. The summed E-state index contributed by atoms with van der Waals surface area (Å²) in [7, 11) is 1.57. The van der Waals surface area contributed by atoms with Gasteiger partial charge >= 0.3 is 5.69 Å².